The Balaban J connectivity index is 1.20. The molecule has 1 amide bonds. The van der Waals surface area contributed by atoms with Crippen LogP contribution in [-0.2, 0) is 27.7 Å². The van der Waals surface area contributed by atoms with Gasteiger partial charge in [0, 0.05) is 37.8 Å². The molecule has 0 saturated carbocycles. The molecule has 1 atom stereocenters. The summed E-state index contributed by atoms with van der Waals surface area (Å²) in [6.45, 7) is 4.02. The fourth-order valence-corrected chi connectivity index (χ4v) is 5.44. The van der Waals surface area contributed by atoms with Gasteiger partial charge in [-0.05, 0) is 74.4 Å². The highest BCUT2D eigenvalue weighted by Gasteiger charge is 2.31. The normalized spacial score (nSPS) is 17.2. The zero-order chi connectivity index (χ0) is 22.7. The summed E-state index contributed by atoms with van der Waals surface area (Å²) in [6.07, 6.45) is 4.17. The van der Waals surface area contributed by atoms with Gasteiger partial charge in [0.2, 0.25) is 15.9 Å². The fourth-order valence-electron chi connectivity index (χ4n) is 4.20. The van der Waals surface area contributed by atoms with Crippen LogP contribution in [0.4, 0.5) is 10.2 Å². The van der Waals surface area contributed by atoms with Crippen molar-refractivity contribution in [3.8, 4) is 0 Å². The first-order valence-electron chi connectivity index (χ1n) is 11.1. The Kier molecular flexibility index (Phi) is 6.76. The molecule has 1 saturated heterocycles. The number of hydrogen-bond acceptors (Lipinski definition) is 5. The minimum atomic E-state index is -3.79. The number of aryl methyl sites for hydroxylation is 2. The Labute approximate surface area is 188 Å². The summed E-state index contributed by atoms with van der Waals surface area (Å²) in [5.41, 5.74) is 2.36. The van der Waals surface area contributed by atoms with Crippen molar-refractivity contribution in [2.75, 3.05) is 25.0 Å². The number of nitrogens with zero attached hydrogens (tertiary/aromatic N) is 2. The number of aromatic nitrogens is 1. The standard InChI is InChI=1S/C23H29FN4O3S/c1-16(27-32(30,31)21-10-6-19(24)7-11-21)13-22(29)28-14-17(15-28)4-8-20-9-5-18-3-2-12-25-23(18)26-20/h5-7,9-11,16-17,27H,2-4,8,12-15H2,1H3,(H,25,26)/t16-/m1/s1. The topological polar surface area (TPSA) is 91.4 Å². The molecule has 1 fully saturated rings. The van der Waals surface area contributed by atoms with Crippen LogP contribution in [0.25, 0.3) is 0 Å². The van der Waals surface area contributed by atoms with Crippen LogP contribution in [0.15, 0.2) is 41.3 Å². The molecular formula is C23H29FN4O3S. The average molecular weight is 461 g/mol. The van der Waals surface area contributed by atoms with E-state index in [1.165, 1.54) is 17.7 Å². The van der Waals surface area contributed by atoms with Gasteiger partial charge in [-0.3, -0.25) is 4.79 Å². The van der Waals surface area contributed by atoms with Crippen LogP contribution < -0.4 is 10.0 Å². The lowest BCUT2D eigenvalue weighted by Gasteiger charge is -2.40. The summed E-state index contributed by atoms with van der Waals surface area (Å²) < 4.78 is 40.3. The number of hydrogen-bond donors (Lipinski definition) is 2. The van der Waals surface area contributed by atoms with Gasteiger partial charge < -0.3 is 10.2 Å². The SMILES string of the molecule is C[C@H](CC(=O)N1CC(CCc2ccc3c(n2)NCCC3)C1)NS(=O)(=O)c1ccc(F)cc1. The minimum Gasteiger partial charge on any atom is -0.370 e. The number of anilines is 1. The number of carbonyl (C=O) groups is 1. The maximum absolute atomic E-state index is 13.0. The Hall–Kier alpha value is -2.52. The van der Waals surface area contributed by atoms with Crippen LogP contribution in [0.3, 0.4) is 0 Å². The second-order valence-corrected chi connectivity index (χ2v) is 10.4. The van der Waals surface area contributed by atoms with Crippen LogP contribution in [-0.4, -0.2) is 49.9 Å². The lowest BCUT2D eigenvalue weighted by atomic mass is 9.93. The molecule has 2 aromatic rings. The van der Waals surface area contributed by atoms with E-state index in [9.17, 15) is 17.6 Å². The van der Waals surface area contributed by atoms with Crippen molar-refractivity contribution in [2.24, 2.45) is 5.92 Å². The van der Waals surface area contributed by atoms with E-state index < -0.39 is 21.9 Å². The molecule has 0 bridgehead atoms. The Morgan fingerprint density at radius 3 is 2.75 bits per heavy atom. The Morgan fingerprint density at radius 2 is 2.00 bits per heavy atom. The van der Waals surface area contributed by atoms with Crippen molar-refractivity contribution in [1.82, 2.24) is 14.6 Å². The third-order valence-electron chi connectivity index (χ3n) is 6.03. The monoisotopic (exact) mass is 460 g/mol. The number of likely N-dealkylation sites (tertiary alicyclic amines) is 1. The van der Waals surface area contributed by atoms with Crippen molar-refractivity contribution >= 4 is 21.7 Å². The van der Waals surface area contributed by atoms with Crippen LogP contribution in [0, 0.1) is 11.7 Å². The summed E-state index contributed by atoms with van der Waals surface area (Å²) in [5, 5.41) is 3.36. The van der Waals surface area contributed by atoms with Crippen molar-refractivity contribution < 1.29 is 17.6 Å². The molecule has 2 N–H and O–H groups in total. The molecular weight excluding hydrogens is 431 g/mol. The zero-order valence-corrected chi connectivity index (χ0v) is 19.0. The number of rotatable bonds is 8. The molecule has 0 radical (unpaired) electrons. The quantitative estimate of drug-likeness (QED) is 0.632. The summed E-state index contributed by atoms with van der Waals surface area (Å²) in [4.78, 5) is 19.0. The van der Waals surface area contributed by atoms with Gasteiger partial charge in [0.1, 0.15) is 11.6 Å². The molecule has 3 heterocycles. The van der Waals surface area contributed by atoms with E-state index >= 15 is 0 Å². The van der Waals surface area contributed by atoms with E-state index in [0.717, 1.165) is 55.9 Å². The Bertz CT molecular complexity index is 1070. The fraction of sp³-hybridized carbons (Fsp3) is 0.478. The molecule has 172 valence electrons. The molecule has 0 aliphatic carbocycles. The molecule has 9 heteroatoms. The third-order valence-corrected chi connectivity index (χ3v) is 7.64. The van der Waals surface area contributed by atoms with Crippen LogP contribution >= 0.6 is 0 Å². The first kappa shape index (κ1) is 22.7. The molecule has 7 nitrogen and oxygen atoms in total. The van der Waals surface area contributed by atoms with Gasteiger partial charge in [-0.25, -0.2) is 22.5 Å². The van der Waals surface area contributed by atoms with E-state index in [-0.39, 0.29) is 17.2 Å². The van der Waals surface area contributed by atoms with E-state index in [4.69, 9.17) is 4.98 Å². The van der Waals surface area contributed by atoms with E-state index in [1.54, 1.807) is 11.8 Å². The number of halogens is 1. The summed E-state index contributed by atoms with van der Waals surface area (Å²) in [5.74, 6) is 0.887. The number of carbonyl (C=O) groups excluding carboxylic acids is 1. The van der Waals surface area contributed by atoms with Crippen molar-refractivity contribution in [3.63, 3.8) is 0 Å². The van der Waals surface area contributed by atoms with Gasteiger partial charge in [-0.15, -0.1) is 0 Å². The second kappa shape index (κ2) is 9.54. The third kappa shape index (κ3) is 5.45. The predicted octanol–water partition coefficient (Wildman–Crippen LogP) is 2.73. The van der Waals surface area contributed by atoms with E-state index in [0.29, 0.717) is 19.0 Å². The highest BCUT2D eigenvalue weighted by molar-refractivity contribution is 7.89. The maximum atomic E-state index is 13.0. The number of pyridine rings is 1. The number of fused-ring (bicyclic) bond motifs is 1. The van der Waals surface area contributed by atoms with Crippen LogP contribution in [0.5, 0.6) is 0 Å². The smallest absolute Gasteiger partial charge is 0.240 e. The van der Waals surface area contributed by atoms with Gasteiger partial charge in [-0.2, -0.15) is 0 Å². The highest BCUT2D eigenvalue weighted by atomic mass is 32.2. The number of benzene rings is 1. The van der Waals surface area contributed by atoms with Gasteiger partial charge in [0.05, 0.1) is 4.90 Å². The number of sulfonamides is 1. The largest absolute Gasteiger partial charge is 0.370 e. The molecule has 4 rings (SSSR count). The lowest BCUT2D eigenvalue weighted by Crippen LogP contribution is -2.51. The number of amides is 1. The molecule has 2 aliphatic rings. The zero-order valence-electron chi connectivity index (χ0n) is 18.2. The van der Waals surface area contributed by atoms with Gasteiger partial charge in [0.25, 0.3) is 0 Å². The van der Waals surface area contributed by atoms with E-state index in [1.807, 2.05) is 0 Å². The average Bonchev–Trinajstić information content (AvgIpc) is 2.72. The highest BCUT2D eigenvalue weighted by Crippen LogP contribution is 2.24. The van der Waals surface area contributed by atoms with E-state index in [2.05, 4.69) is 22.2 Å². The molecule has 1 aromatic heterocycles. The molecule has 32 heavy (non-hydrogen) atoms. The molecule has 0 spiro atoms. The van der Waals surface area contributed by atoms with Crippen molar-refractivity contribution in [3.05, 3.63) is 53.5 Å². The van der Waals surface area contributed by atoms with Gasteiger partial charge >= 0.3 is 0 Å². The van der Waals surface area contributed by atoms with Crippen molar-refractivity contribution in [1.29, 1.82) is 0 Å². The summed E-state index contributed by atoms with van der Waals surface area (Å²) in [6, 6.07) is 8.32. The second-order valence-electron chi connectivity index (χ2n) is 8.72. The Morgan fingerprint density at radius 1 is 1.25 bits per heavy atom. The maximum Gasteiger partial charge on any atom is 0.240 e. The summed E-state index contributed by atoms with van der Waals surface area (Å²) >= 11 is 0. The first-order chi connectivity index (χ1) is 15.3. The first-order valence-corrected chi connectivity index (χ1v) is 12.6. The van der Waals surface area contributed by atoms with Crippen LogP contribution in [0.2, 0.25) is 0 Å². The van der Waals surface area contributed by atoms with Gasteiger partial charge in [0.15, 0.2) is 0 Å². The van der Waals surface area contributed by atoms with Crippen LogP contribution in [0.1, 0.15) is 37.4 Å². The lowest BCUT2D eigenvalue weighted by molar-refractivity contribution is -0.138. The summed E-state index contributed by atoms with van der Waals surface area (Å²) in [7, 11) is -3.79. The minimum absolute atomic E-state index is 0.0202. The predicted molar refractivity (Wildman–Crippen MR) is 120 cm³/mol. The molecule has 2 aliphatic heterocycles. The molecule has 1 aromatic carbocycles. The van der Waals surface area contributed by atoms with Crippen molar-refractivity contribution in [2.45, 2.75) is 50.0 Å². The molecule has 0 unspecified atom stereocenters. The van der Waals surface area contributed by atoms with Gasteiger partial charge in [-0.1, -0.05) is 6.07 Å². The number of nitrogens with one attached hydrogen (secondary N) is 2.